The maximum atomic E-state index is 15.5. The number of aliphatic hydroxyl groups is 5. The Bertz CT molecular complexity index is 1670. The van der Waals surface area contributed by atoms with E-state index in [1.54, 1.807) is 30.5 Å². The van der Waals surface area contributed by atoms with Crippen LogP contribution in [0, 0.1) is 17.2 Å². The van der Waals surface area contributed by atoms with E-state index in [0.717, 1.165) is 32.1 Å². The van der Waals surface area contributed by atoms with Crippen LogP contribution in [0.4, 0.5) is 4.39 Å². The molecule has 12 nitrogen and oxygen atoms in total. The number of amides is 2. The fourth-order valence-corrected chi connectivity index (χ4v) is 10.7. The van der Waals surface area contributed by atoms with Gasteiger partial charge in [-0.3, -0.25) is 9.59 Å². The number of unbranched alkanes of at least 4 members (excludes halogenated alkanes) is 1. The summed E-state index contributed by atoms with van der Waals surface area (Å²) in [6, 6.07) is 8.64. The Hall–Kier alpha value is -2.79. The molecule has 7 unspecified atom stereocenters. The predicted octanol–water partition coefficient (Wildman–Crippen LogP) is 3.44. The topological polar surface area (TPSA) is 203 Å². The molecule has 15 heteroatoms. The monoisotopic (exact) mass is 796 g/mol. The lowest BCUT2D eigenvalue weighted by Crippen LogP contribution is -2.55. The van der Waals surface area contributed by atoms with E-state index in [4.69, 9.17) is 9.84 Å². The van der Waals surface area contributed by atoms with Crippen molar-refractivity contribution in [3.8, 4) is 5.75 Å². The van der Waals surface area contributed by atoms with Crippen molar-refractivity contribution in [1.29, 1.82) is 0 Å². The lowest BCUT2D eigenvalue weighted by Gasteiger charge is -2.34. The third-order valence-electron chi connectivity index (χ3n) is 11.1. The number of carbonyl (C=O) groups excluding carboxylic acids is 2. The molecule has 302 valence electrons. The van der Waals surface area contributed by atoms with Gasteiger partial charge in [0.15, 0.2) is 16.4 Å². The number of ether oxygens (including phenoxy) is 1. The number of thioether (sulfide) groups is 1. The largest absolute Gasteiger partial charge is 0.483 e. The van der Waals surface area contributed by atoms with E-state index in [1.807, 2.05) is 6.92 Å². The summed E-state index contributed by atoms with van der Waals surface area (Å²) in [5.41, 5.74) is 0.343. The van der Waals surface area contributed by atoms with Gasteiger partial charge in [-0.05, 0) is 73.0 Å². The van der Waals surface area contributed by atoms with Crippen molar-refractivity contribution < 1.29 is 52.7 Å². The van der Waals surface area contributed by atoms with Crippen molar-refractivity contribution in [3.63, 3.8) is 0 Å². The maximum Gasteiger partial charge on any atom is 0.258 e. The number of fused-ring (bicyclic) bond motifs is 1. The van der Waals surface area contributed by atoms with Crippen LogP contribution in [0.2, 0.25) is 0 Å². The minimum absolute atomic E-state index is 0.0487. The second-order valence-electron chi connectivity index (χ2n) is 14.8. The average Bonchev–Trinajstić information content (AvgIpc) is 3.27. The van der Waals surface area contributed by atoms with E-state index in [9.17, 15) is 38.4 Å². The van der Waals surface area contributed by atoms with E-state index in [-0.39, 0.29) is 22.3 Å². The Balaban J connectivity index is 1.59. The number of aliphatic hydroxyl groups excluding tert-OH is 5. The van der Waals surface area contributed by atoms with Crippen molar-refractivity contribution in [3.05, 3.63) is 53.3 Å². The highest BCUT2D eigenvalue weighted by Gasteiger charge is 2.43. The van der Waals surface area contributed by atoms with Crippen molar-refractivity contribution in [2.75, 3.05) is 31.8 Å². The second kappa shape index (κ2) is 19.9. The summed E-state index contributed by atoms with van der Waals surface area (Å²) in [5.74, 6) is -2.36. The first kappa shape index (κ1) is 43.9. The van der Waals surface area contributed by atoms with Gasteiger partial charge in [-0.15, -0.1) is 11.8 Å². The van der Waals surface area contributed by atoms with Gasteiger partial charge < -0.3 is 40.9 Å². The zero-order chi connectivity index (χ0) is 39.6. The highest BCUT2D eigenvalue weighted by atomic mass is 32.2. The number of carbonyl (C=O) groups is 2. The molecule has 1 fully saturated rings. The lowest BCUT2D eigenvalue weighted by molar-refractivity contribution is -0.133. The number of sulfone groups is 1. The smallest absolute Gasteiger partial charge is 0.258 e. The first-order valence-corrected chi connectivity index (χ1v) is 21.8. The molecule has 2 amide bonds. The molecule has 1 aliphatic heterocycles. The van der Waals surface area contributed by atoms with Crippen LogP contribution in [-0.4, -0.2) is 108 Å². The Morgan fingerprint density at radius 3 is 2.33 bits per heavy atom. The van der Waals surface area contributed by atoms with Gasteiger partial charge in [-0.1, -0.05) is 64.2 Å². The molecule has 1 saturated carbocycles. The van der Waals surface area contributed by atoms with E-state index >= 15 is 4.39 Å². The zero-order valence-corrected chi connectivity index (χ0v) is 33.0. The van der Waals surface area contributed by atoms with Gasteiger partial charge in [0.2, 0.25) is 5.91 Å². The summed E-state index contributed by atoms with van der Waals surface area (Å²) in [6.45, 7) is 2.16. The normalized spacial score (nSPS) is 22.9. The number of hydrogen-bond acceptors (Lipinski definition) is 11. The summed E-state index contributed by atoms with van der Waals surface area (Å²) in [4.78, 5) is 27.5. The standard InChI is InChI=1S/C39H57FN2O10S2/c1-4-6-16-39(5-2)19-27(25-14-10-11-15-28(25)40)26-17-32(53-3)31(18-33(26)54(50,51)23-39)52-22-34(46)42-35(24-12-8-7-9-13-24)38(49)41-20-29(44)36(47)37(48)30(45)21-43/h10-11,14-15,17-18,24,27,29-30,35-37,43-45,47-48H,4-9,12-13,16,19-23H2,1-3H3,(H,41,49)(H,42,46). The highest BCUT2D eigenvalue weighted by molar-refractivity contribution is 7.98. The van der Waals surface area contributed by atoms with Crippen molar-refractivity contribution in [2.24, 2.45) is 11.3 Å². The first-order chi connectivity index (χ1) is 25.7. The third kappa shape index (κ3) is 10.7. The fraction of sp³-hybridized carbons (Fsp3) is 0.641. The zero-order valence-electron chi connectivity index (χ0n) is 31.4. The molecule has 2 aromatic carbocycles. The summed E-state index contributed by atoms with van der Waals surface area (Å²) < 4.78 is 50.0. The SMILES string of the molecule is CCCCC1(CC)CC(c2ccccc2F)c2cc(SC)c(OCC(=O)NC(C(=O)NCC(O)C(O)C(O)C(O)CO)C3CCCCC3)cc2S(=O)(=O)C1. The fourth-order valence-electron chi connectivity index (χ4n) is 7.86. The molecule has 0 radical (unpaired) electrons. The average molecular weight is 797 g/mol. The van der Waals surface area contributed by atoms with Crippen LogP contribution in [0.15, 0.2) is 46.2 Å². The van der Waals surface area contributed by atoms with E-state index in [2.05, 4.69) is 17.6 Å². The summed E-state index contributed by atoms with van der Waals surface area (Å²) in [6.07, 6.45) is 2.16. The van der Waals surface area contributed by atoms with Gasteiger partial charge in [-0.25, -0.2) is 12.8 Å². The van der Waals surface area contributed by atoms with Crippen LogP contribution < -0.4 is 15.4 Å². The molecule has 0 aromatic heterocycles. The lowest BCUT2D eigenvalue weighted by atomic mass is 9.71. The van der Waals surface area contributed by atoms with E-state index in [1.165, 1.54) is 23.9 Å². The van der Waals surface area contributed by atoms with Crippen molar-refractivity contribution in [2.45, 2.75) is 124 Å². The molecule has 4 rings (SSSR count). The van der Waals surface area contributed by atoms with Crippen LogP contribution in [-0.2, 0) is 19.4 Å². The van der Waals surface area contributed by atoms with Crippen LogP contribution in [0.3, 0.4) is 0 Å². The van der Waals surface area contributed by atoms with Gasteiger partial charge in [0.05, 0.1) is 23.4 Å². The second-order valence-corrected chi connectivity index (χ2v) is 17.6. The minimum Gasteiger partial charge on any atom is -0.483 e. The molecular formula is C39H57FN2O10S2. The number of hydrogen-bond donors (Lipinski definition) is 7. The molecular weight excluding hydrogens is 740 g/mol. The van der Waals surface area contributed by atoms with Gasteiger partial charge in [0.25, 0.3) is 5.91 Å². The van der Waals surface area contributed by atoms with Crippen molar-refractivity contribution in [1.82, 2.24) is 10.6 Å². The summed E-state index contributed by atoms with van der Waals surface area (Å²) in [5, 5.41) is 54.4. The van der Waals surface area contributed by atoms with Crippen LogP contribution in [0.25, 0.3) is 0 Å². The van der Waals surface area contributed by atoms with E-state index in [0.29, 0.717) is 48.1 Å². The quantitative estimate of drug-likeness (QED) is 0.109. The van der Waals surface area contributed by atoms with Crippen LogP contribution in [0.5, 0.6) is 5.75 Å². The van der Waals surface area contributed by atoms with Crippen molar-refractivity contribution >= 4 is 33.4 Å². The Kier molecular flexibility index (Phi) is 16.2. The van der Waals surface area contributed by atoms with E-state index < -0.39 is 89.0 Å². The van der Waals surface area contributed by atoms with Gasteiger partial charge in [0, 0.05) is 23.4 Å². The number of halogens is 1. The number of benzene rings is 2. The Labute approximate surface area is 322 Å². The first-order valence-electron chi connectivity index (χ1n) is 18.9. The number of nitrogens with one attached hydrogen (secondary N) is 2. The molecule has 0 spiro atoms. The third-order valence-corrected chi connectivity index (χ3v) is 13.9. The molecule has 1 heterocycles. The minimum atomic E-state index is -3.89. The molecule has 7 N–H and O–H groups in total. The Morgan fingerprint density at radius 2 is 1.70 bits per heavy atom. The highest BCUT2D eigenvalue weighted by Crippen LogP contribution is 2.50. The Morgan fingerprint density at radius 1 is 1.02 bits per heavy atom. The van der Waals surface area contributed by atoms with Crippen LogP contribution >= 0.6 is 11.8 Å². The van der Waals surface area contributed by atoms with Crippen LogP contribution in [0.1, 0.15) is 95.1 Å². The summed E-state index contributed by atoms with van der Waals surface area (Å²) in [7, 11) is -3.89. The molecule has 0 bridgehead atoms. The maximum absolute atomic E-state index is 15.5. The molecule has 7 atom stereocenters. The molecule has 54 heavy (non-hydrogen) atoms. The molecule has 2 aromatic rings. The van der Waals surface area contributed by atoms with Gasteiger partial charge >= 0.3 is 0 Å². The molecule has 0 saturated heterocycles. The molecule has 2 aliphatic rings. The molecule has 1 aliphatic carbocycles. The predicted molar refractivity (Wildman–Crippen MR) is 204 cm³/mol. The van der Waals surface area contributed by atoms with Gasteiger partial charge in [-0.2, -0.15) is 0 Å². The number of rotatable bonds is 18. The van der Waals surface area contributed by atoms with Gasteiger partial charge in [0.1, 0.15) is 35.9 Å². The summed E-state index contributed by atoms with van der Waals surface area (Å²) >= 11 is 1.31.